The molecule has 15 heavy (non-hydrogen) atoms. The Morgan fingerprint density at radius 2 is 2.33 bits per heavy atom. The van der Waals surface area contributed by atoms with Crippen LogP contribution < -0.4 is 4.74 Å². The second kappa shape index (κ2) is 5.16. The molecule has 0 unspecified atom stereocenters. The van der Waals surface area contributed by atoms with Crippen LogP contribution in [0.3, 0.4) is 0 Å². The molecule has 0 N–H and O–H groups in total. The van der Waals surface area contributed by atoms with Gasteiger partial charge in [-0.15, -0.1) is 6.58 Å². The van der Waals surface area contributed by atoms with E-state index in [1.807, 2.05) is 19.9 Å². The zero-order valence-electron chi connectivity index (χ0n) is 9.08. The molecule has 1 heterocycles. The number of ether oxygens (including phenoxy) is 1. The number of hydrogen-bond donors (Lipinski definition) is 0. The van der Waals surface area contributed by atoms with Gasteiger partial charge in [0.15, 0.2) is 0 Å². The molecule has 0 spiro atoms. The summed E-state index contributed by atoms with van der Waals surface area (Å²) in [5, 5.41) is 8.96. The summed E-state index contributed by atoms with van der Waals surface area (Å²) in [6, 6.07) is 3.98. The Balaban J connectivity index is 2.94. The van der Waals surface area contributed by atoms with E-state index in [9.17, 15) is 0 Å². The van der Waals surface area contributed by atoms with Crippen LogP contribution in [0.2, 0.25) is 0 Å². The first-order chi connectivity index (χ1) is 7.19. The molecule has 0 amide bonds. The molecule has 0 fully saturated rings. The van der Waals surface area contributed by atoms with Crippen molar-refractivity contribution in [2.45, 2.75) is 20.3 Å². The first kappa shape index (κ1) is 11.3. The summed E-state index contributed by atoms with van der Waals surface area (Å²) in [7, 11) is 0. The molecule has 3 nitrogen and oxygen atoms in total. The maximum atomic E-state index is 8.96. The predicted octanol–water partition coefficient (Wildman–Crippen LogP) is 2.53. The van der Waals surface area contributed by atoms with E-state index >= 15 is 0 Å². The molecule has 0 aromatic carbocycles. The number of pyridine rings is 1. The number of nitrogens with zero attached hydrogens (tertiary/aromatic N) is 2. The highest BCUT2D eigenvalue weighted by Crippen LogP contribution is 2.19. The van der Waals surface area contributed by atoms with Crippen LogP contribution in [0.4, 0.5) is 0 Å². The Labute approximate surface area is 90.0 Å². The van der Waals surface area contributed by atoms with Gasteiger partial charge in [-0.25, -0.2) is 4.98 Å². The van der Waals surface area contributed by atoms with Crippen molar-refractivity contribution in [3.63, 3.8) is 0 Å². The van der Waals surface area contributed by atoms with Gasteiger partial charge in [-0.3, -0.25) is 0 Å². The lowest BCUT2D eigenvalue weighted by atomic mass is 10.1. The third-order valence-corrected chi connectivity index (χ3v) is 1.98. The van der Waals surface area contributed by atoms with Crippen LogP contribution in [0.1, 0.15) is 23.2 Å². The van der Waals surface area contributed by atoms with E-state index in [2.05, 4.69) is 17.6 Å². The van der Waals surface area contributed by atoms with Crippen molar-refractivity contribution >= 4 is 0 Å². The summed E-state index contributed by atoms with van der Waals surface area (Å²) >= 11 is 0. The molecule has 0 radical (unpaired) electrons. The molecule has 1 aromatic heterocycles. The summed E-state index contributed by atoms with van der Waals surface area (Å²) in [5.74, 6) is 0.428. The van der Waals surface area contributed by atoms with Gasteiger partial charge in [-0.2, -0.15) is 5.26 Å². The monoisotopic (exact) mass is 202 g/mol. The highest BCUT2D eigenvalue weighted by atomic mass is 16.5. The summed E-state index contributed by atoms with van der Waals surface area (Å²) < 4.78 is 5.43. The molecule has 0 aliphatic rings. The topological polar surface area (TPSA) is 45.9 Å². The molecule has 0 saturated heterocycles. The summed E-state index contributed by atoms with van der Waals surface area (Å²) in [6.45, 7) is 7.88. The molecule has 0 aliphatic heterocycles. The van der Waals surface area contributed by atoms with Crippen LogP contribution in [0.5, 0.6) is 5.88 Å². The van der Waals surface area contributed by atoms with E-state index < -0.39 is 0 Å². The first-order valence-electron chi connectivity index (χ1n) is 4.81. The molecule has 1 rings (SSSR count). The number of hydrogen-bond acceptors (Lipinski definition) is 3. The molecule has 0 atom stereocenters. The molecule has 78 valence electrons. The highest BCUT2D eigenvalue weighted by molar-refractivity contribution is 5.45. The average molecular weight is 202 g/mol. The van der Waals surface area contributed by atoms with Crippen LogP contribution in [0, 0.1) is 25.2 Å². The minimum atomic E-state index is 0.428. The van der Waals surface area contributed by atoms with Crippen molar-refractivity contribution in [3.05, 3.63) is 35.5 Å². The van der Waals surface area contributed by atoms with E-state index in [0.29, 0.717) is 18.1 Å². The Bertz CT molecular complexity index is 405. The van der Waals surface area contributed by atoms with Crippen molar-refractivity contribution in [1.29, 1.82) is 5.26 Å². The first-order valence-corrected chi connectivity index (χ1v) is 4.81. The maximum absolute atomic E-state index is 8.96. The number of aryl methyl sites for hydroxylation is 2. The lowest BCUT2D eigenvalue weighted by Crippen LogP contribution is -2.02. The van der Waals surface area contributed by atoms with E-state index in [0.717, 1.165) is 17.7 Å². The molecular weight excluding hydrogens is 188 g/mol. The fourth-order valence-corrected chi connectivity index (χ4v) is 1.28. The van der Waals surface area contributed by atoms with Gasteiger partial charge in [0.05, 0.1) is 6.61 Å². The average Bonchev–Trinajstić information content (AvgIpc) is 2.17. The zero-order valence-corrected chi connectivity index (χ0v) is 9.08. The lowest BCUT2D eigenvalue weighted by molar-refractivity contribution is 0.310. The van der Waals surface area contributed by atoms with Crippen molar-refractivity contribution in [1.82, 2.24) is 4.98 Å². The third-order valence-electron chi connectivity index (χ3n) is 1.98. The number of aromatic nitrogens is 1. The Morgan fingerprint density at radius 3 is 2.93 bits per heavy atom. The quantitative estimate of drug-likeness (QED) is 0.556. The summed E-state index contributed by atoms with van der Waals surface area (Å²) in [5.41, 5.74) is 2.28. The smallest absolute Gasteiger partial charge is 0.232 e. The number of nitriles is 1. The zero-order chi connectivity index (χ0) is 11.3. The normalized spacial score (nSPS) is 9.40. The maximum Gasteiger partial charge on any atom is 0.232 e. The molecule has 3 heteroatoms. The van der Waals surface area contributed by atoms with Gasteiger partial charge in [-0.05, 0) is 31.9 Å². The standard InChI is InChI=1S/C12H14N2O/c1-4-5-6-15-12-11(8-13)9(2)7-10(3)14-12/h4,7H,1,5-6H2,2-3H3. The van der Waals surface area contributed by atoms with E-state index in [1.165, 1.54) is 0 Å². The highest BCUT2D eigenvalue weighted by Gasteiger charge is 2.08. The Morgan fingerprint density at radius 1 is 1.60 bits per heavy atom. The molecule has 1 aromatic rings. The SMILES string of the molecule is C=CCCOc1nc(C)cc(C)c1C#N. The van der Waals surface area contributed by atoms with Crippen LogP contribution in [-0.2, 0) is 0 Å². The molecule has 0 bridgehead atoms. The van der Waals surface area contributed by atoms with Crippen molar-refractivity contribution in [3.8, 4) is 11.9 Å². The lowest BCUT2D eigenvalue weighted by Gasteiger charge is -2.08. The fourth-order valence-electron chi connectivity index (χ4n) is 1.28. The van der Waals surface area contributed by atoms with Crippen LogP contribution in [0.25, 0.3) is 0 Å². The van der Waals surface area contributed by atoms with Crippen molar-refractivity contribution in [2.75, 3.05) is 6.61 Å². The summed E-state index contributed by atoms with van der Waals surface area (Å²) in [6.07, 6.45) is 2.52. The summed E-state index contributed by atoms with van der Waals surface area (Å²) in [4.78, 5) is 4.20. The van der Waals surface area contributed by atoms with E-state index in [1.54, 1.807) is 6.08 Å². The van der Waals surface area contributed by atoms with Gasteiger partial charge in [-0.1, -0.05) is 6.08 Å². The van der Waals surface area contributed by atoms with Gasteiger partial charge < -0.3 is 4.74 Å². The van der Waals surface area contributed by atoms with Crippen molar-refractivity contribution < 1.29 is 4.74 Å². The third kappa shape index (κ3) is 2.81. The van der Waals surface area contributed by atoms with Gasteiger partial charge >= 0.3 is 0 Å². The minimum Gasteiger partial charge on any atom is -0.476 e. The number of rotatable bonds is 4. The molecule has 0 aliphatic carbocycles. The Hall–Kier alpha value is -1.82. The van der Waals surface area contributed by atoms with Crippen LogP contribution in [-0.4, -0.2) is 11.6 Å². The van der Waals surface area contributed by atoms with Gasteiger partial charge in [0.25, 0.3) is 0 Å². The second-order valence-electron chi connectivity index (χ2n) is 3.30. The largest absolute Gasteiger partial charge is 0.476 e. The van der Waals surface area contributed by atoms with E-state index in [-0.39, 0.29) is 0 Å². The Kier molecular flexibility index (Phi) is 3.87. The van der Waals surface area contributed by atoms with Gasteiger partial charge in [0, 0.05) is 5.69 Å². The fraction of sp³-hybridized carbons (Fsp3) is 0.333. The van der Waals surface area contributed by atoms with E-state index in [4.69, 9.17) is 10.00 Å². The van der Waals surface area contributed by atoms with Crippen LogP contribution >= 0.6 is 0 Å². The van der Waals surface area contributed by atoms with Crippen molar-refractivity contribution in [2.24, 2.45) is 0 Å². The predicted molar refractivity (Wildman–Crippen MR) is 58.7 cm³/mol. The minimum absolute atomic E-state index is 0.428. The second-order valence-corrected chi connectivity index (χ2v) is 3.30. The van der Waals surface area contributed by atoms with Gasteiger partial charge in [0.2, 0.25) is 5.88 Å². The van der Waals surface area contributed by atoms with Gasteiger partial charge in [0.1, 0.15) is 11.6 Å². The molecular formula is C12H14N2O. The van der Waals surface area contributed by atoms with Crippen LogP contribution in [0.15, 0.2) is 18.7 Å². The molecule has 0 saturated carbocycles.